The lowest BCUT2D eigenvalue weighted by Gasteiger charge is -2.18. The molecule has 1 N–H and O–H groups in total. The van der Waals surface area contributed by atoms with Crippen molar-refractivity contribution >= 4 is 0 Å². The lowest BCUT2D eigenvalue weighted by Crippen LogP contribution is -2.25. The van der Waals surface area contributed by atoms with E-state index in [1.54, 1.807) is 0 Å². The number of aryl methyl sites for hydroxylation is 1. The van der Waals surface area contributed by atoms with Crippen molar-refractivity contribution in [1.29, 1.82) is 0 Å². The summed E-state index contributed by atoms with van der Waals surface area (Å²) in [5.41, 5.74) is 2.08. The Labute approximate surface area is 146 Å². The summed E-state index contributed by atoms with van der Waals surface area (Å²) in [5.74, 6) is 1.62. The Balaban J connectivity index is 1.33. The first kappa shape index (κ1) is 16.0. The topological polar surface area (TPSA) is 78.0 Å². The van der Waals surface area contributed by atoms with Crippen molar-refractivity contribution in [3.05, 3.63) is 54.2 Å². The Kier molecular flexibility index (Phi) is 4.58. The third kappa shape index (κ3) is 3.47. The van der Waals surface area contributed by atoms with Gasteiger partial charge in [-0.05, 0) is 12.5 Å². The molecule has 0 bridgehead atoms. The summed E-state index contributed by atoms with van der Waals surface area (Å²) in [4.78, 5) is 4.44. The van der Waals surface area contributed by atoms with E-state index in [0.717, 1.165) is 30.8 Å². The number of nitrogens with one attached hydrogen (secondary N) is 1. The summed E-state index contributed by atoms with van der Waals surface area (Å²) < 4.78 is 13.1. The zero-order valence-corrected chi connectivity index (χ0v) is 14.1. The van der Waals surface area contributed by atoms with Gasteiger partial charge in [0.2, 0.25) is 11.7 Å². The molecule has 130 valence electrons. The van der Waals surface area contributed by atoms with Crippen LogP contribution in [0.1, 0.15) is 24.1 Å². The van der Waals surface area contributed by atoms with Crippen molar-refractivity contribution in [2.24, 2.45) is 13.0 Å². The van der Waals surface area contributed by atoms with Crippen molar-refractivity contribution in [1.82, 2.24) is 25.2 Å². The van der Waals surface area contributed by atoms with Gasteiger partial charge < -0.3 is 14.6 Å². The normalized spacial score (nSPS) is 20.2. The molecule has 2 atom stereocenters. The van der Waals surface area contributed by atoms with Crippen LogP contribution in [0.4, 0.5) is 0 Å². The van der Waals surface area contributed by atoms with E-state index in [1.807, 2.05) is 54.3 Å². The summed E-state index contributed by atoms with van der Waals surface area (Å²) in [7, 11) is 1.95. The zero-order chi connectivity index (χ0) is 17.1. The minimum absolute atomic E-state index is 0.0857. The molecule has 0 amide bonds. The first-order valence-corrected chi connectivity index (χ1v) is 8.49. The molecule has 0 radical (unpaired) electrons. The van der Waals surface area contributed by atoms with Crippen LogP contribution in [0, 0.1) is 5.92 Å². The number of ether oxygens (including phenoxy) is 1. The van der Waals surface area contributed by atoms with Gasteiger partial charge in [-0.1, -0.05) is 35.5 Å². The number of benzene rings is 1. The van der Waals surface area contributed by atoms with Gasteiger partial charge in [0.15, 0.2) is 0 Å². The fourth-order valence-electron chi connectivity index (χ4n) is 3.23. The number of hydrogen-bond acceptors (Lipinski definition) is 6. The van der Waals surface area contributed by atoms with Crippen LogP contribution in [0.2, 0.25) is 0 Å². The van der Waals surface area contributed by atoms with Crippen molar-refractivity contribution in [3.8, 4) is 11.4 Å². The SMILES string of the molecule is Cn1nccc1[C@@H]1OCC[C@H]1CNCc1nc(-c2ccccc2)no1. The number of hydrogen-bond donors (Lipinski definition) is 1. The van der Waals surface area contributed by atoms with E-state index in [1.165, 1.54) is 0 Å². The summed E-state index contributed by atoms with van der Waals surface area (Å²) in [6, 6.07) is 11.8. The Hall–Kier alpha value is -2.51. The Morgan fingerprint density at radius 3 is 2.92 bits per heavy atom. The van der Waals surface area contributed by atoms with Gasteiger partial charge >= 0.3 is 0 Å². The second-order valence-electron chi connectivity index (χ2n) is 6.23. The quantitative estimate of drug-likeness (QED) is 0.743. The second kappa shape index (κ2) is 7.16. The number of aromatic nitrogens is 4. The predicted molar refractivity (Wildman–Crippen MR) is 91.4 cm³/mol. The second-order valence-corrected chi connectivity index (χ2v) is 6.23. The first-order chi connectivity index (χ1) is 12.3. The molecule has 7 nitrogen and oxygen atoms in total. The molecule has 4 rings (SSSR count). The summed E-state index contributed by atoms with van der Waals surface area (Å²) >= 11 is 0. The van der Waals surface area contributed by atoms with Crippen molar-refractivity contribution in [2.75, 3.05) is 13.2 Å². The third-order valence-corrected chi connectivity index (χ3v) is 4.55. The monoisotopic (exact) mass is 339 g/mol. The molecular weight excluding hydrogens is 318 g/mol. The van der Waals surface area contributed by atoms with Crippen LogP contribution < -0.4 is 5.32 Å². The molecule has 1 aliphatic rings. The maximum Gasteiger partial charge on any atom is 0.240 e. The van der Waals surface area contributed by atoms with E-state index in [9.17, 15) is 0 Å². The van der Waals surface area contributed by atoms with E-state index in [-0.39, 0.29) is 6.10 Å². The fourth-order valence-corrected chi connectivity index (χ4v) is 3.23. The lowest BCUT2D eigenvalue weighted by atomic mass is 9.99. The highest BCUT2D eigenvalue weighted by Gasteiger charge is 2.31. The molecule has 1 saturated heterocycles. The molecule has 1 fully saturated rings. The van der Waals surface area contributed by atoms with Gasteiger partial charge in [0.1, 0.15) is 6.10 Å². The summed E-state index contributed by atoms with van der Waals surface area (Å²) in [6.45, 7) is 2.16. The van der Waals surface area contributed by atoms with Crippen LogP contribution in [-0.4, -0.2) is 33.1 Å². The van der Waals surface area contributed by atoms with Gasteiger partial charge in [-0.25, -0.2) is 0 Å². The van der Waals surface area contributed by atoms with Gasteiger partial charge in [0, 0.05) is 37.9 Å². The van der Waals surface area contributed by atoms with Gasteiger partial charge in [0.25, 0.3) is 0 Å². The molecule has 0 aliphatic carbocycles. The average molecular weight is 339 g/mol. The van der Waals surface area contributed by atoms with Crippen LogP contribution in [0.3, 0.4) is 0 Å². The molecule has 0 unspecified atom stereocenters. The highest BCUT2D eigenvalue weighted by Crippen LogP contribution is 2.33. The van der Waals surface area contributed by atoms with Crippen LogP contribution in [0.5, 0.6) is 0 Å². The Morgan fingerprint density at radius 1 is 1.24 bits per heavy atom. The molecule has 7 heteroatoms. The van der Waals surface area contributed by atoms with E-state index in [4.69, 9.17) is 9.26 Å². The first-order valence-electron chi connectivity index (χ1n) is 8.49. The van der Waals surface area contributed by atoms with Crippen molar-refractivity contribution in [3.63, 3.8) is 0 Å². The van der Waals surface area contributed by atoms with E-state index >= 15 is 0 Å². The molecule has 2 aromatic heterocycles. The number of rotatable bonds is 6. The van der Waals surface area contributed by atoms with Crippen molar-refractivity contribution in [2.45, 2.75) is 19.1 Å². The largest absolute Gasteiger partial charge is 0.372 e. The highest BCUT2D eigenvalue weighted by atomic mass is 16.5. The maximum absolute atomic E-state index is 5.90. The van der Waals surface area contributed by atoms with Crippen LogP contribution in [-0.2, 0) is 18.3 Å². The molecule has 25 heavy (non-hydrogen) atoms. The minimum atomic E-state index is 0.0857. The van der Waals surface area contributed by atoms with E-state index in [0.29, 0.717) is 24.2 Å². The molecule has 0 spiro atoms. The van der Waals surface area contributed by atoms with Gasteiger partial charge in [-0.15, -0.1) is 0 Å². The van der Waals surface area contributed by atoms with Gasteiger partial charge in [-0.2, -0.15) is 10.1 Å². The molecule has 0 saturated carbocycles. The smallest absolute Gasteiger partial charge is 0.240 e. The molecule has 3 aromatic rings. The third-order valence-electron chi connectivity index (χ3n) is 4.55. The summed E-state index contributed by atoms with van der Waals surface area (Å²) in [6.07, 6.45) is 2.93. The van der Waals surface area contributed by atoms with Gasteiger partial charge in [-0.3, -0.25) is 4.68 Å². The van der Waals surface area contributed by atoms with Crippen molar-refractivity contribution < 1.29 is 9.26 Å². The zero-order valence-electron chi connectivity index (χ0n) is 14.1. The maximum atomic E-state index is 5.90. The van der Waals surface area contributed by atoms with E-state index in [2.05, 4.69) is 20.6 Å². The summed E-state index contributed by atoms with van der Waals surface area (Å²) in [5, 5.41) is 11.7. The fraction of sp³-hybridized carbons (Fsp3) is 0.389. The minimum Gasteiger partial charge on any atom is -0.372 e. The van der Waals surface area contributed by atoms with Gasteiger partial charge in [0.05, 0.1) is 12.2 Å². The van der Waals surface area contributed by atoms with E-state index < -0.39 is 0 Å². The molecule has 1 aromatic carbocycles. The predicted octanol–water partition coefficient (Wildman–Crippen LogP) is 2.34. The molecular formula is C18H21N5O2. The van der Waals surface area contributed by atoms with Crippen LogP contribution in [0.25, 0.3) is 11.4 Å². The Bertz CT molecular complexity index is 814. The highest BCUT2D eigenvalue weighted by molar-refractivity contribution is 5.53. The average Bonchev–Trinajstić information content (AvgIpc) is 3.37. The standard InChI is InChI=1S/C18H21N5O2/c1-23-15(7-9-20-23)17-14(8-10-24-17)11-19-12-16-21-18(22-25-16)13-5-3-2-4-6-13/h2-7,9,14,17,19H,8,10-12H2,1H3/t14-,17+/m0/s1. The molecule has 1 aliphatic heterocycles. The van der Waals surface area contributed by atoms with Crippen LogP contribution in [0.15, 0.2) is 47.1 Å². The lowest BCUT2D eigenvalue weighted by molar-refractivity contribution is 0.0836. The molecule has 3 heterocycles. The number of nitrogens with zero attached hydrogens (tertiary/aromatic N) is 4. The Morgan fingerprint density at radius 2 is 2.12 bits per heavy atom. The van der Waals surface area contributed by atoms with Crippen LogP contribution >= 0.6 is 0 Å².